The Balaban J connectivity index is 1.52. The van der Waals surface area contributed by atoms with Crippen molar-refractivity contribution < 1.29 is 23.9 Å². The van der Waals surface area contributed by atoms with Crippen LogP contribution in [-0.2, 0) is 11.3 Å². The van der Waals surface area contributed by atoms with Gasteiger partial charge in [0.1, 0.15) is 0 Å². The van der Waals surface area contributed by atoms with Crippen LogP contribution < -0.4 is 9.47 Å². The zero-order valence-corrected chi connectivity index (χ0v) is 21.0. The number of nitrogens with zero attached hydrogens (tertiary/aromatic N) is 1. The topological polar surface area (TPSA) is 72.9 Å². The fraction of sp³-hybridized carbons (Fsp3) is 0.115. The van der Waals surface area contributed by atoms with E-state index < -0.39 is 17.1 Å². The van der Waals surface area contributed by atoms with Gasteiger partial charge >= 0.3 is 5.97 Å². The molecule has 0 spiro atoms. The standard InChI is InChI=1S/C26H19Cl2NO5S/c1-15-3-6-17(7-4-15)25(31)34-21-10-5-16(11-22(21)33-2)12-23-24(30)29(26(32)35-23)14-18-8-9-19(27)13-20(18)28/h3-13H,14H2,1-2H3/b23-12-. The van der Waals surface area contributed by atoms with Gasteiger partial charge in [-0.1, -0.05) is 53.0 Å². The van der Waals surface area contributed by atoms with Crippen molar-refractivity contribution in [3.8, 4) is 11.5 Å². The van der Waals surface area contributed by atoms with Gasteiger partial charge in [0, 0.05) is 10.0 Å². The van der Waals surface area contributed by atoms with Crippen molar-refractivity contribution in [2.24, 2.45) is 0 Å². The van der Waals surface area contributed by atoms with E-state index in [9.17, 15) is 14.4 Å². The molecule has 1 aliphatic rings. The first-order valence-electron chi connectivity index (χ1n) is 10.4. The van der Waals surface area contributed by atoms with Crippen molar-refractivity contribution >= 4 is 58.2 Å². The van der Waals surface area contributed by atoms with Gasteiger partial charge in [-0.3, -0.25) is 14.5 Å². The molecule has 6 nitrogen and oxygen atoms in total. The number of carbonyl (C=O) groups is 3. The number of aryl methyl sites for hydroxylation is 1. The van der Waals surface area contributed by atoms with E-state index in [0.29, 0.717) is 32.5 Å². The van der Waals surface area contributed by atoms with Crippen LogP contribution in [0.25, 0.3) is 6.08 Å². The molecular formula is C26H19Cl2NO5S. The maximum Gasteiger partial charge on any atom is 0.343 e. The summed E-state index contributed by atoms with van der Waals surface area (Å²) in [6.07, 6.45) is 1.59. The molecule has 9 heteroatoms. The second-order valence-corrected chi connectivity index (χ2v) is 9.51. The Labute approximate surface area is 216 Å². The van der Waals surface area contributed by atoms with Crippen molar-refractivity contribution in [1.82, 2.24) is 4.90 Å². The monoisotopic (exact) mass is 527 g/mol. The van der Waals surface area contributed by atoms with E-state index in [4.69, 9.17) is 32.7 Å². The molecular weight excluding hydrogens is 509 g/mol. The second-order valence-electron chi connectivity index (χ2n) is 7.67. The van der Waals surface area contributed by atoms with E-state index in [2.05, 4.69) is 0 Å². The third kappa shape index (κ3) is 5.70. The Hall–Kier alpha value is -3.26. The second kappa shape index (κ2) is 10.6. The number of methoxy groups -OCH3 is 1. The number of carbonyl (C=O) groups excluding carboxylic acids is 3. The lowest BCUT2D eigenvalue weighted by Crippen LogP contribution is -2.27. The van der Waals surface area contributed by atoms with Gasteiger partial charge in [0.2, 0.25) is 0 Å². The highest BCUT2D eigenvalue weighted by atomic mass is 35.5. The van der Waals surface area contributed by atoms with E-state index in [-0.39, 0.29) is 17.2 Å². The molecule has 1 saturated heterocycles. The summed E-state index contributed by atoms with van der Waals surface area (Å²) < 4.78 is 10.9. The van der Waals surface area contributed by atoms with Crippen LogP contribution in [0.4, 0.5) is 4.79 Å². The highest BCUT2D eigenvalue weighted by Gasteiger charge is 2.35. The van der Waals surface area contributed by atoms with Gasteiger partial charge in [-0.25, -0.2) is 4.79 Å². The number of benzene rings is 3. The first-order chi connectivity index (χ1) is 16.7. The maximum absolute atomic E-state index is 12.9. The van der Waals surface area contributed by atoms with E-state index in [1.807, 2.05) is 19.1 Å². The Morgan fingerprint density at radius 3 is 2.43 bits per heavy atom. The third-order valence-corrected chi connectivity index (χ3v) is 6.69. The molecule has 35 heavy (non-hydrogen) atoms. The lowest BCUT2D eigenvalue weighted by atomic mass is 10.1. The Morgan fingerprint density at radius 2 is 1.74 bits per heavy atom. The summed E-state index contributed by atoms with van der Waals surface area (Å²) >= 11 is 13.0. The third-order valence-electron chi connectivity index (χ3n) is 5.19. The van der Waals surface area contributed by atoms with Gasteiger partial charge in [-0.05, 0) is 72.3 Å². The number of imide groups is 1. The van der Waals surface area contributed by atoms with Crippen LogP contribution in [0.1, 0.15) is 27.0 Å². The van der Waals surface area contributed by atoms with Crippen molar-refractivity contribution in [2.45, 2.75) is 13.5 Å². The number of halogens is 2. The molecule has 0 aliphatic carbocycles. The highest BCUT2D eigenvalue weighted by molar-refractivity contribution is 8.18. The molecule has 0 radical (unpaired) electrons. The molecule has 2 amide bonds. The zero-order chi connectivity index (χ0) is 25.1. The van der Waals surface area contributed by atoms with Crippen molar-refractivity contribution in [1.29, 1.82) is 0 Å². The smallest absolute Gasteiger partial charge is 0.343 e. The van der Waals surface area contributed by atoms with Crippen LogP contribution in [0.3, 0.4) is 0 Å². The molecule has 0 atom stereocenters. The minimum atomic E-state index is -0.516. The molecule has 0 bridgehead atoms. The van der Waals surface area contributed by atoms with Crippen molar-refractivity contribution in [2.75, 3.05) is 7.11 Å². The summed E-state index contributed by atoms with van der Waals surface area (Å²) in [4.78, 5) is 39.2. The normalized spacial score (nSPS) is 14.5. The van der Waals surface area contributed by atoms with Crippen LogP contribution in [0.5, 0.6) is 11.5 Å². The van der Waals surface area contributed by atoms with Crippen LogP contribution >= 0.6 is 35.0 Å². The average molecular weight is 528 g/mol. The first-order valence-corrected chi connectivity index (χ1v) is 12.0. The molecule has 4 rings (SSSR count). The quantitative estimate of drug-likeness (QED) is 0.200. The lowest BCUT2D eigenvalue weighted by Gasteiger charge is -2.13. The maximum atomic E-state index is 12.9. The summed E-state index contributed by atoms with van der Waals surface area (Å²) in [5.41, 5.74) is 2.66. The zero-order valence-electron chi connectivity index (χ0n) is 18.7. The van der Waals surface area contributed by atoms with E-state index in [1.165, 1.54) is 7.11 Å². The van der Waals surface area contributed by atoms with Crippen molar-refractivity contribution in [3.63, 3.8) is 0 Å². The van der Waals surface area contributed by atoms with E-state index in [0.717, 1.165) is 22.2 Å². The Kier molecular flexibility index (Phi) is 7.50. The predicted octanol–water partition coefficient (Wildman–Crippen LogP) is 6.77. The summed E-state index contributed by atoms with van der Waals surface area (Å²) in [6.45, 7) is 1.97. The molecule has 0 aromatic heterocycles. The minimum Gasteiger partial charge on any atom is -0.493 e. The number of ether oxygens (including phenoxy) is 2. The number of thioether (sulfide) groups is 1. The number of hydrogen-bond donors (Lipinski definition) is 0. The van der Waals surface area contributed by atoms with Gasteiger partial charge in [-0.15, -0.1) is 0 Å². The molecule has 1 heterocycles. The molecule has 0 N–H and O–H groups in total. The average Bonchev–Trinajstić information content (AvgIpc) is 3.09. The molecule has 3 aromatic carbocycles. The Bertz CT molecular complexity index is 1350. The molecule has 178 valence electrons. The van der Waals surface area contributed by atoms with Gasteiger partial charge in [0.05, 0.1) is 24.1 Å². The SMILES string of the molecule is COc1cc(/C=C2\SC(=O)N(Cc3ccc(Cl)cc3Cl)C2=O)ccc1OC(=O)c1ccc(C)cc1. The van der Waals surface area contributed by atoms with E-state index in [1.54, 1.807) is 54.6 Å². The summed E-state index contributed by atoms with van der Waals surface area (Å²) in [5.74, 6) is -0.398. The van der Waals surface area contributed by atoms with Crippen LogP contribution in [0.2, 0.25) is 10.0 Å². The predicted molar refractivity (Wildman–Crippen MR) is 137 cm³/mol. The number of amides is 2. The Morgan fingerprint density at radius 1 is 1.00 bits per heavy atom. The summed E-state index contributed by atoms with van der Waals surface area (Å²) in [7, 11) is 1.45. The van der Waals surface area contributed by atoms with Gasteiger partial charge in [0.15, 0.2) is 11.5 Å². The van der Waals surface area contributed by atoms with Gasteiger partial charge in [0.25, 0.3) is 11.1 Å². The fourth-order valence-electron chi connectivity index (χ4n) is 3.31. The number of hydrogen-bond acceptors (Lipinski definition) is 6. The van der Waals surface area contributed by atoms with Crippen LogP contribution in [-0.4, -0.2) is 29.1 Å². The van der Waals surface area contributed by atoms with Crippen LogP contribution in [0, 0.1) is 6.92 Å². The lowest BCUT2D eigenvalue weighted by molar-refractivity contribution is -0.123. The molecule has 1 aliphatic heterocycles. The molecule has 1 fully saturated rings. The number of rotatable bonds is 6. The summed E-state index contributed by atoms with van der Waals surface area (Å²) in [5, 5.41) is 0.443. The largest absolute Gasteiger partial charge is 0.493 e. The number of esters is 1. The molecule has 0 unspecified atom stereocenters. The van der Waals surface area contributed by atoms with Crippen molar-refractivity contribution in [3.05, 3.63) is 97.9 Å². The van der Waals surface area contributed by atoms with Gasteiger partial charge < -0.3 is 9.47 Å². The first kappa shape index (κ1) is 24.9. The fourth-order valence-corrected chi connectivity index (χ4v) is 4.62. The summed E-state index contributed by atoms with van der Waals surface area (Å²) in [6, 6.07) is 16.8. The van der Waals surface area contributed by atoms with Crippen LogP contribution in [0.15, 0.2) is 65.6 Å². The van der Waals surface area contributed by atoms with Gasteiger partial charge in [-0.2, -0.15) is 0 Å². The molecule has 3 aromatic rings. The van der Waals surface area contributed by atoms with E-state index >= 15 is 0 Å². The molecule has 0 saturated carbocycles. The highest BCUT2D eigenvalue weighted by Crippen LogP contribution is 2.36. The minimum absolute atomic E-state index is 0.0369.